The quantitative estimate of drug-likeness (QED) is 0.210. The second-order valence-corrected chi connectivity index (χ2v) is 10.5. The lowest BCUT2D eigenvalue weighted by molar-refractivity contribution is 0.0755. The Balaban J connectivity index is 0.000000581. The number of anilines is 1. The van der Waals surface area contributed by atoms with E-state index in [0.717, 1.165) is 36.6 Å². The molecule has 1 atom stereocenters. The fourth-order valence-corrected chi connectivity index (χ4v) is 4.47. The summed E-state index contributed by atoms with van der Waals surface area (Å²) in [5.41, 5.74) is 4.72. The summed E-state index contributed by atoms with van der Waals surface area (Å²) in [6.07, 6.45) is 2.61. The Hall–Kier alpha value is -3.78. The van der Waals surface area contributed by atoms with E-state index >= 15 is 0 Å². The van der Waals surface area contributed by atoms with Gasteiger partial charge >= 0.3 is 0 Å². The van der Waals surface area contributed by atoms with Gasteiger partial charge in [0.25, 0.3) is 11.8 Å². The van der Waals surface area contributed by atoms with Gasteiger partial charge < -0.3 is 20.6 Å². The molecule has 3 N–H and O–H groups in total. The first-order chi connectivity index (χ1) is 20.1. The van der Waals surface area contributed by atoms with Gasteiger partial charge in [0, 0.05) is 49.1 Å². The molecule has 0 heterocycles. The molecule has 228 valence electrons. The van der Waals surface area contributed by atoms with Crippen molar-refractivity contribution in [1.29, 1.82) is 0 Å². The Bertz CT molecular complexity index is 1240. The lowest BCUT2D eigenvalue weighted by atomic mass is 10.0. The molecule has 2 amide bonds. The summed E-state index contributed by atoms with van der Waals surface area (Å²) < 4.78 is 24.4. The summed E-state index contributed by atoms with van der Waals surface area (Å²) in [7, 11) is 0. The van der Waals surface area contributed by atoms with Crippen molar-refractivity contribution in [2.45, 2.75) is 66.4 Å². The van der Waals surface area contributed by atoms with Gasteiger partial charge in [0.05, 0.1) is 6.10 Å². The van der Waals surface area contributed by atoms with Crippen molar-refractivity contribution in [2.24, 2.45) is 0 Å². The number of rotatable bonds is 13. The van der Waals surface area contributed by atoms with Gasteiger partial charge in [-0.25, -0.2) is 8.78 Å². The monoisotopic (exact) mass is 581 g/mol. The van der Waals surface area contributed by atoms with Crippen LogP contribution in [-0.2, 0) is 6.42 Å². The van der Waals surface area contributed by atoms with Crippen molar-refractivity contribution in [2.75, 3.05) is 31.5 Å². The molecule has 0 saturated carbocycles. The summed E-state index contributed by atoms with van der Waals surface area (Å²) in [6, 6.07) is 16.9. The van der Waals surface area contributed by atoms with Gasteiger partial charge in [0.1, 0.15) is 11.6 Å². The minimum atomic E-state index is -0.661. The van der Waals surface area contributed by atoms with Crippen molar-refractivity contribution in [1.82, 2.24) is 10.2 Å². The summed E-state index contributed by atoms with van der Waals surface area (Å²) in [6.45, 7) is 11.9. The Morgan fingerprint density at radius 2 is 1.48 bits per heavy atom. The third kappa shape index (κ3) is 12.0. The SMILES string of the molecule is CCCN(CCC)C(=O)c1cc(C)cc(C(=O)NCC(O)CCNc2cccc(CC)c2)c1.Cc1cc(F)cc(F)c1. The Labute approximate surface area is 249 Å². The highest BCUT2D eigenvalue weighted by atomic mass is 19.1. The molecule has 0 aliphatic heterocycles. The van der Waals surface area contributed by atoms with Gasteiger partial charge in [-0.1, -0.05) is 32.9 Å². The maximum atomic E-state index is 12.9. The van der Waals surface area contributed by atoms with Crippen LogP contribution in [0.25, 0.3) is 0 Å². The van der Waals surface area contributed by atoms with Crippen LogP contribution in [0.2, 0.25) is 0 Å². The standard InChI is InChI=1S/C27H39N3O3.C7H6F2/c1-5-13-30(14-6-2)27(33)23-16-20(4)15-22(18-23)26(32)29-19-25(31)11-12-28-24-10-8-9-21(7-3)17-24;1-5-2-6(8)4-7(9)3-5/h8-10,15-18,25,28,31H,5-7,11-14,19H2,1-4H3,(H,29,32);2-4H,1H3. The Kier molecular flexibility index (Phi) is 14.7. The number of hydrogen-bond donors (Lipinski definition) is 3. The molecule has 0 radical (unpaired) electrons. The molecular weight excluding hydrogens is 536 g/mol. The number of nitrogens with zero attached hydrogens (tertiary/aromatic N) is 1. The highest BCUT2D eigenvalue weighted by molar-refractivity contribution is 6.00. The first kappa shape index (κ1) is 34.4. The summed E-state index contributed by atoms with van der Waals surface area (Å²) in [4.78, 5) is 27.5. The number of aryl methyl sites for hydroxylation is 3. The molecule has 0 bridgehead atoms. The fraction of sp³-hybridized carbons (Fsp3) is 0.412. The molecule has 3 rings (SSSR count). The number of carbonyl (C=O) groups is 2. The van der Waals surface area contributed by atoms with Crippen molar-refractivity contribution in [3.05, 3.63) is 100 Å². The maximum absolute atomic E-state index is 12.9. The van der Waals surface area contributed by atoms with Crippen LogP contribution in [0, 0.1) is 25.5 Å². The van der Waals surface area contributed by atoms with Crippen LogP contribution < -0.4 is 10.6 Å². The van der Waals surface area contributed by atoms with Gasteiger partial charge in [0.2, 0.25) is 0 Å². The third-order valence-corrected chi connectivity index (χ3v) is 6.51. The van der Waals surface area contributed by atoms with Gasteiger partial charge in [-0.2, -0.15) is 0 Å². The molecule has 0 aromatic heterocycles. The lowest BCUT2D eigenvalue weighted by Crippen LogP contribution is -2.34. The molecule has 0 saturated heterocycles. The summed E-state index contributed by atoms with van der Waals surface area (Å²) in [5.74, 6) is -1.37. The number of benzene rings is 3. The van der Waals surface area contributed by atoms with Gasteiger partial charge in [0.15, 0.2) is 0 Å². The summed E-state index contributed by atoms with van der Waals surface area (Å²) >= 11 is 0. The van der Waals surface area contributed by atoms with Crippen LogP contribution in [0.5, 0.6) is 0 Å². The number of halogens is 2. The zero-order valence-electron chi connectivity index (χ0n) is 25.5. The molecule has 1 unspecified atom stereocenters. The molecule has 6 nitrogen and oxygen atoms in total. The molecule has 0 spiro atoms. The minimum absolute atomic E-state index is 0.0466. The number of carbonyl (C=O) groups excluding carboxylic acids is 2. The molecule has 0 aliphatic rings. The van der Waals surface area contributed by atoms with Crippen LogP contribution >= 0.6 is 0 Å². The zero-order chi connectivity index (χ0) is 31.1. The van der Waals surface area contributed by atoms with E-state index in [0.29, 0.717) is 42.7 Å². The van der Waals surface area contributed by atoms with E-state index in [1.165, 1.54) is 17.7 Å². The number of hydrogen-bond acceptors (Lipinski definition) is 4. The Morgan fingerprint density at radius 3 is 2.07 bits per heavy atom. The van der Waals surface area contributed by atoms with Crippen LogP contribution in [0.15, 0.2) is 60.7 Å². The largest absolute Gasteiger partial charge is 0.391 e. The molecule has 0 aliphatic carbocycles. The van der Waals surface area contributed by atoms with E-state index in [4.69, 9.17) is 0 Å². The van der Waals surface area contributed by atoms with Crippen molar-refractivity contribution < 1.29 is 23.5 Å². The van der Waals surface area contributed by atoms with Crippen molar-refractivity contribution >= 4 is 17.5 Å². The van der Waals surface area contributed by atoms with Crippen LogP contribution in [0.4, 0.5) is 14.5 Å². The minimum Gasteiger partial charge on any atom is -0.391 e. The highest BCUT2D eigenvalue weighted by Gasteiger charge is 2.17. The van der Waals surface area contributed by atoms with E-state index < -0.39 is 17.7 Å². The number of aliphatic hydroxyl groups excluding tert-OH is 1. The number of amides is 2. The molecule has 3 aromatic carbocycles. The van der Waals surface area contributed by atoms with E-state index in [1.807, 2.05) is 43.9 Å². The van der Waals surface area contributed by atoms with E-state index in [9.17, 15) is 23.5 Å². The predicted octanol–water partition coefficient (Wildman–Crippen LogP) is 6.69. The van der Waals surface area contributed by atoms with Crippen molar-refractivity contribution in [3.63, 3.8) is 0 Å². The molecular formula is C34H45F2N3O3. The Morgan fingerprint density at radius 1 is 0.857 bits per heavy atom. The smallest absolute Gasteiger partial charge is 0.253 e. The fourth-order valence-electron chi connectivity index (χ4n) is 4.47. The number of nitrogens with one attached hydrogen (secondary N) is 2. The first-order valence-electron chi connectivity index (χ1n) is 14.7. The normalized spacial score (nSPS) is 11.2. The van der Waals surface area contributed by atoms with E-state index in [1.54, 1.807) is 19.1 Å². The molecule has 3 aromatic rings. The van der Waals surface area contributed by atoms with Crippen LogP contribution in [-0.4, -0.2) is 54.1 Å². The second kappa shape index (κ2) is 17.9. The average Bonchev–Trinajstić information content (AvgIpc) is 2.94. The maximum Gasteiger partial charge on any atom is 0.253 e. The predicted molar refractivity (Wildman–Crippen MR) is 166 cm³/mol. The second-order valence-electron chi connectivity index (χ2n) is 10.5. The van der Waals surface area contributed by atoms with Gasteiger partial charge in [-0.15, -0.1) is 0 Å². The average molecular weight is 582 g/mol. The molecule has 0 fully saturated rings. The third-order valence-electron chi connectivity index (χ3n) is 6.51. The summed E-state index contributed by atoms with van der Waals surface area (Å²) in [5, 5.41) is 16.4. The topological polar surface area (TPSA) is 81.7 Å². The molecule has 42 heavy (non-hydrogen) atoms. The van der Waals surface area contributed by atoms with Crippen LogP contribution in [0.1, 0.15) is 77.4 Å². The zero-order valence-corrected chi connectivity index (χ0v) is 25.5. The van der Waals surface area contributed by atoms with E-state index in [-0.39, 0.29) is 18.4 Å². The van der Waals surface area contributed by atoms with Gasteiger partial charge in [-0.3, -0.25) is 9.59 Å². The molecule has 8 heteroatoms. The highest BCUT2D eigenvalue weighted by Crippen LogP contribution is 2.14. The number of aliphatic hydroxyl groups is 1. The van der Waals surface area contributed by atoms with E-state index in [2.05, 4.69) is 29.7 Å². The van der Waals surface area contributed by atoms with Crippen LogP contribution in [0.3, 0.4) is 0 Å². The van der Waals surface area contributed by atoms with Gasteiger partial charge in [-0.05, 0) is 98.7 Å². The first-order valence-corrected chi connectivity index (χ1v) is 14.7. The van der Waals surface area contributed by atoms with Crippen molar-refractivity contribution in [3.8, 4) is 0 Å². The lowest BCUT2D eigenvalue weighted by Gasteiger charge is -2.22.